The zero-order chi connectivity index (χ0) is 16.5. The number of aryl methyl sites for hydroxylation is 1. The van der Waals surface area contributed by atoms with E-state index in [0.29, 0.717) is 6.54 Å². The Hall–Kier alpha value is -1.44. The Morgan fingerprint density at radius 1 is 1.25 bits per heavy atom. The van der Waals surface area contributed by atoms with E-state index in [1.54, 1.807) is 17.2 Å². The highest BCUT2D eigenvalue weighted by molar-refractivity contribution is 9.10. The van der Waals surface area contributed by atoms with Gasteiger partial charge in [0.15, 0.2) is 6.23 Å². The number of hydrogen-bond donors (Lipinski definition) is 0. The molecule has 0 saturated carbocycles. The summed E-state index contributed by atoms with van der Waals surface area (Å²) in [5, 5.41) is 14.6. The van der Waals surface area contributed by atoms with E-state index in [0.717, 1.165) is 58.3 Å². The van der Waals surface area contributed by atoms with Crippen LogP contribution in [0.15, 0.2) is 29.1 Å². The van der Waals surface area contributed by atoms with E-state index in [-0.39, 0.29) is 6.23 Å². The first-order valence-electron chi connectivity index (χ1n) is 8.04. The van der Waals surface area contributed by atoms with Crippen LogP contribution in [0.3, 0.4) is 0 Å². The summed E-state index contributed by atoms with van der Waals surface area (Å²) in [4.78, 5) is 1.66. The quantitative estimate of drug-likeness (QED) is 0.652. The Bertz CT molecular complexity index is 842. The van der Waals surface area contributed by atoms with Crippen LogP contribution in [-0.2, 0) is 17.7 Å². The van der Waals surface area contributed by atoms with E-state index in [2.05, 4.69) is 31.2 Å². The van der Waals surface area contributed by atoms with Crippen LogP contribution >= 0.6 is 27.5 Å². The van der Waals surface area contributed by atoms with Crippen molar-refractivity contribution >= 4 is 38.4 Å². The van der Waals surface area contributed by atoms with E-state index in [1.165, 1.54) is 0 Å². The largest absolute Gasteiger partial charge is 0.356 e. The number of halogens is 2. The molecule has 8 heteroatoms. The van der Waals surface area contributed by atoms with Crippen molar-refractivity contribution in [1.82, 2.24) is 24.8 Å². The molecule has 0 N–H and O–H groups in total. The second-order valence-electron chi connectivity index (χ2n) is 5.87. The topological polar surface area (TPSA) is 57.8 Å². The Morgan fingerprint density at radius 3 is 2.83 bits per heavy atom. The fourth-order valence-corrected chi connectivity index (χ4v) is 4.23. The minimum Gasteiger partial charge on any atom is -0.356 e. The molecule has 0 aliphatic carbocycles. The Kier molecular flexibility index (Phi) is 4.56. The lowest BCUT2D eigenvalue weighted by Crippen LogP contribution is -2.19. The van der Waals surface area contributed by atoms with Gasteiger partial charge in [-0.2, -0.15) is 20.1 Å². The number of rotatable bonds is 4. The highest BCUT2D eigenvalue weighted by Gasteiger charge is 2.21. The van der Waals surface area contributed by atoms with Gasteiger partial charge in [-0.15, -0.1) is 0 Å². The lowest BCUT2D eigenvalue weighted by atomic mass is 10.1. The molecule has 0 spiro atoms. The molecule has 1 fully saturated rings. The van der Waals surface area contributed by atoms with Crippen LogP contribution in [0.2, 0.25) is 5.02 Å². The molecule has 0 bridgehead atoms. The molecule has 0 amide bonds. The molecule has 6 nitrogen and oxygen atoms in total. The zero-order valence-electron chi connectivity index (χ0n) is 13.0. The Morgan fingerprint density at radius 2 is 2.08 bits per heavy atom. The van der Waals surface area contributed by atoms with Gasteiger partial charge >= 0.3 is 0 Å². The van der Waals surface area contributed by atoms with Crippen LogP contribution in [0.25, 0.3) is 10.9 Å². The smallest absolute Gasteiger partial charge is 0.150 e. The van der Waals surface area contributed by atoms with Crippen LogP contribution in [0.4, 0.5) is 0 Å². The molecule has 1 saturated heterocycles. The maximum atomic E-state index is 6.55. The SMILES string of the molecule is Clc1cc2c(cnn2C2CCCCO2)c(Br)c1CCn1nccn1. The normalized spacial score (nSPS) is 18.3. The molecule has 3 aromatic rings. The maximum Gasteiger partial charge on any atom is 0.150 e. The number of benzene rings is 1. The molecule has 24 heavy (non-hydrogen) atoms. The van der Waals surface area contributed by atoms with Crippen molar-refractivity contribution in [3.63, 3.8) is 0 Å². The van der Waals surface area contributed by atoms with Gasteiger partial charge in [0.25, 0.3) is 0 Å². The third-order valence-electron chi connectivity index (χ3n) is 4.34. The molecule has 1 atom stereocenters. The van der Waals surface area contributed by atoms with Crippen LogP contribution in [0, 0.1) is 0 Å². The van der Waals surface area contributed by atoms with Gasteiger partial charge in [0.2, 0.25) is 0 Å². The number of nitrogens with zero attached hydrogens (tertiary/aromatic N) is 5. The summed E-state index contributed by atoms with van der Waals surface area (Å²) in [6.45, 7) is 1.46. The summed E-state index contributed by atoms with van der Waals surface area (Å²) in [5.74, 6) is 0. The molecular formula is C16H17BrClN5O. The molecule has 126 valence electrons. The summed E-state index contributed by atoms with van der Waals surface area (Å²) < 4.78 is 8.79. The molecule has 2 aromatic heterocycles. The predicted molar refractivity (Wildman–Crippen MR) is 95.0 cm³/mol. The van der Waals surface area contributed by atoms with Crippen molar-refractivity contribution < 1.29 is 4.74 Å². The average Bonchev–Trinajstić information content (AvgIpc) is 3.25. The summed E-state index contributed by atoms with van der Waals surface area (Å²) in [6, 6.07) is 1.98. The lowest BCUT2D eigenvalue weighted by Gasteiger charge is -2.23. The second-order valence-corrected chi connectivity index (χ2v) is 7.07. The average molecular weight is 411 g/mol. The van der Waals surface area contributed by atoms with Gasteiger partial charge in [-0.1, -0.05) is 11.6 Å². The van der Waals surface area contributed by atoms with Crippen molar-refractivity contribution in [3.8, 4) is 0 Å². The minimum atomic E-state index is -0.00154. The van der Waals surface area contributed by atoms with Gasteiger partial charge in [0, 0.05) is 21.5 Å². The van der Waals surface area contributed by atoms with Crippen LogP contribution in [0.1, 0.15) is 31.1 Å². The van der Waals surface area contributed by atoms with Gasteiger partial charge in [-0.25, -0.2) is 4.68 Å². The number of aromatic nitrogens is 5. The van der Waals surface area contributed by atoms with Crippen molar-refractivity contribution in [2.45, 2.75) is 38.5 Å². The van der Waals surface area contributed by atoms with Crippen molar-refractivity contribution in [2.75, 3.05) is 6.61 Å². The van der Waals surface area contributed by atoms with Crippen LogP contribution in [-0.4, -0.2) is 31.4 Å². The fourth-order valence-electron chi connectivity index (χ4n) is 3.11. The molecule has 1 aliphatic heterocycles. The lowest BCUT2D eigenvalue weighted by molar-refractivity contribution is -0.0366. The highest BCUT2D eigenvalue weighted by Crippen LogP contribution is 2.36. The van der Waals surface area contributed by atoms with Crippen molar-refractivity contribution in [2.24, 2.45) is 0 Å². The van der Waals surface area contributed by atoms with E-state index in [4.69, 9.17) is 16.3 Å². The number of fused-ring (bicyclic) bond motifs is 1. The van der Waals surface area contributed by atoms with Crippen LogP contribution < -0.4 is 0 Å². The van der Waals surface area contributed by atoms with Crippen LogP contribution in [0.5, 0.6) is 0 Å². The number of ether oxygens (including phenoxy) is 1. The first-order chi connectivity index (χ1) is 11.7. The van der Waals surface area contributed by atoms with Gasteiger partial charge < -0.3 is 4.74 Å². The number of hydrogen-bond acceptors (Lipinski definition) is 4. The van der Waals surface area contributed by atoms with E-state index in [9.17, 15) is 0 Å². The van der Waals surface area contributed by atoms with Gasteiger partial charge in [-0.05, 0) is 53.2 Å². The molecule has 1 aromatic carbocycles. The first-order valence-corrected chi connectivity index (χ1v) is 9.21. The third-order valence-corrected chi connectivity index (χ3v) is 5.59. The van der Waals surface area contributed by atoms with Crippen molar-refractivity contribution in [3.05, 3.63) is 39.7 Å². The predicted octanol–water partition coefficient (Wildman–Crippen LogP) is 3.99. The molecular weight excluding hydrogens is 394 g/mol. The molecule has 4 rings (SSSR count). The third kappa shape index (κ3) is 2.96. The van der Waals surface area contributed by atoms with E-state index in [1.807, 2.05) is 16.9 Å². The maximum absolute atomic E-state index is 6.55. The van der Waals surface area contributed by atoms with E-state index >= 15 is 0 Å². The van der Waals surface area contributed by atoms with Gasteiger partial charge in [-0.3, -0.25) is 0 Å². The highest BCUT2D eigenvalue weighted by atomic mass is 79.9. The van der Waals surface area contributed by atoms with Crippen molar-refractivity contribution in [1.29, 1.82) is 0 Å². The summed E-state index contributed by atoms with van der Waals surface area (Å²) in [6.07, 6.45) is 9.24. The Balaban J connectivity index is 1.67. The standard InChI is InChI=1S/C16H17BrClN5O/c17-16-11(4-7-22-19-5-6-20-22)13(18)9-14-12(16)10-21-23(14)15-3-1-2-8-24-15/h5-6,9-10,15H,1-4,7-8H2. The zero-order valence-corrected chi connectivity index (χ0v) is 15.4. The second kappa shape index (κ2) is 6.82. The molecule has 1 unspecified atom stereocenters. The van der Waals surface area contributed by atoms with Gasteiger partial charge in [0.1, 0.15) is 0 Å². The first kappa shape index (κ1) is 16.1. The summed E-state index contributed by atoms with van der Waals surface area (Å²) in [5.41, 5.74) is 2.05. The van der Waals surface area contributed by atoms with E-state index < -0.39 is 0 Å². The Labute approximate surface area is 152 Å². The molecule has 0 radical (unpaired) electrons. The summed E-state index contributed by atoms with van der Waals surface area (Å²) >= 11 is 10.3. The van der Waals surface area contributed by atoms with Gasteiger partial charge in [0.05, 0.1) is 30.7 Å². The summed E-state index contributed by atoms with van der Waals surface area (Å²) in [7, 11) is 0. The minimum absolute atomic E-state index is 0.00154. The fraction of sp³-hybridized carbons (Fsp3) is 0.438. The molecule has 1 aliphatic rings. The molecule has 3 heterocycles. The monoisotopic (exact) mass is 409 g/mol.